The number of carbonyl (C=O) groups is 2. The summed E-state index contributed by atoms with van der Waals surface area (Å²) in [6.45, 7) is 0.323. The Hall–Kier alpha value is -3.16. The molecular formula is C19H16ClN5O2. The number of nitrogens with one attached hydrogen (secondary N) is 1. The smallest absolute Gasteiger partial charge is 0.179 e. The molecule has 27 heavy (non-hydrogen) atoms. The second-order valence-electron chi connectivity index (χ2n) is 5.55. The number of aromatic amines is 1. The minimum absolute atomic E-state index is 0.0378. The van der Waals surface area contributed by atoms with Crippen molar-refractivity contribution in [3.8, 4) is 0 Å². The number of H-pyrrole nitrogens is 1. The van der Waals surface area contributed by atoms with Gasteiger partial charge in [0.1, 0.15) is 11.5 Å². The van der Waals surface area contributed by atoms with Gasteiger partial charge >= 0.3 is 0 Å². The number of hydrogen-bond acceptors (Lipinski definition) is 6. The van der Waals surface area contributed by atoms with Crippen LogP contribution in [0.3, 0.4) is 0 Å². The van der Waals surface area contributed by atoms with E-state index in [1.807, 2.05) is 30.3 Å². The maximum atomic E-state index is 11.5. The Bertz CT molecular complexity index is 1110. The zero-order valence-electron chi connectivity index (χ0n) is 14.2. The number of aromatic nitrogens is 4. The number of benzene rings is 2. The molecule has 0 radical (unpaired) electrons. The molecule has 0 fully saturated rings. The van der Waals surface area contributed by atoms with Crippen molar-refractivity contribution in [3.05, 3.63) is 65.7 Å². The molecule has 0 aliphatic heterocycles. The van der Waals surface area contributed by atoms with E-state index in [9.17, 15) is 9.59 Å². The first-order chi connectivity index (χ1) is 13.2. The summed E-state index contributed by atoms with van der Waals surface area (Å²) in [5.74, 6) is 0.501. The third kappa shape index (κ3) is 4.16. The minimum atomic E-state index is -0.127. The summed E-state index contributed by atoms with van der Waals surface area (Å²) in [6, 6.07) is 12.8. The average Bonchev–Trinajstić information content (AvgIpc) is 3.16. The molecule has 0 aliphatic carbocycles. The number of nitrogens with zero attached hydrogens (tertiary/aromatic N) is 3. The lowest BCUT2D eigenvalue weighted by atomic mass is 10.1. The Morgan fingerprint density at radius 1 is 1.11 bits per heavy atom. The van der Waals surface area contributed by atoms with Crippen LogP contribution in [0, 0.1) is 0 Å². The van der Waals surface area contributed by atoms with Gasteiger partial charge in [0.2, 0.25) is 0 Å². The van der Waals surface area contributed by atoms with Gasteiger partial charge < -0.3 is 10.7 Å². The van der Waals surface area contributed by atoms with Crippen LogP contribution in [0.1, 0.15) is 26.7 Å². The maximum absolute atomic E-state index is 11.5. The van der Waals surface area contributed by atoms with Crippen molar-refractivity contribution in [3.63, 3.8) is 0 Å². The van der Waals surface area contributed by atoms with E-state index in [0.29, 0.717) is 35.4 Å². The molecule has 2 aromatic heterocycles. The number of alkyl halides is 1. The molecule has 136 valence electrons. The summed E-state index contributed by atoms with van der Waals surface area (Å²) < 4.78 is 0. The molecule has 0 atom stereocenters. The van der Waals surface area contributed by atoms with Crippen molar-refractivity contribution in [2.24, 2.45) is 5.73 Å². The number of imidazole rings is 1. The summed E-state index contributed by atoms with van der Waals surface area (Å²) in [5.41, 5.74) is 9.39. The third-order valence-electron chi connectivity index (χ3n) is 3.76. The highest BCUT2D eigenvalue weighted by molar-refractivity contribution is 6.31. The van der Waals surface area contributed by atoms with Gasteiger partial charge in [0, 0.05) is 5.56 Å². The number of rotatable bonds is 4. The number of Topliss-reactive ketones (excluding diaryl/α,β-unsaturated/α-hetero) is 1. The van der Waals surface area contributed by atoms with E-state index in [4.69, 9.17) is 17.3 Å². The zero-order valence-corrected chi connectivity index (χ0v) is 15.0. The maximum Gasteiger partial charge on any atom is 0.179 e. The molecule has 4 rings (SSSR count). The van der Waals surface area contributed by atoms with Gasteiger partial charge in [-0.15, -0.1) is 11.6 Å². The molecule has 3 N–H and O–H groups in total. The van der Waals surface area contributed by atoms with Crippen LogP contribution in [0.4, 0.5) is 0 Å². The predicted molar refractivity (Wildman–Crippen MR) is 104 cm³/mol. The Morgan fingerprint density at radius 2 is 1.89 bits per heavy atom. The molecular weight excluding hydrogens is 366 g/mol. The van der Waals surface area contributed by atoms with Crippen LogP contribution >= 0.6 is 11.6 Å². The highest BCUT2D eigenvalue weighted by Crippen LogP contribution is 2.17. The predicted octanol–water partition coefficient (Wildman–Crippen LogP) is 2.89. The Labute approximate surface area is 159 Å². The fourth-order valence-corrected chi connectivity index (χ4v) is 2.65. The lowest BCUT2D eigenvalue weighted by Gasteiger charge is -1.96. The standard InChI is InChI=1S/C10H10ClN3O.C9H6N2O/c11-4-8(15)6-2-1-3-7-10(6)14-9(5-12)13-7;12-6-7-5-10-8-3-1-2-4-9(8)11-7/h1-3H,4-5,12H2,(H,13,14);1-6H. The molecule has 8 heteroatoms. The van der Waals surface area contributed by atoms with Gasteiger partial charge in [-0.05, 0) is 24.3 Å². The number of aldehydes is 1. The molecule has 2 aromatic carbocycles. The Kier molecular flexibility index (Phi) is 5.85. The van der Waals surface area contributed by atoms with Crippen LogP contribution in [0.15, 0.2) is 48.7 Å². The van der Waals surface area contributed by atoms with E-state index in [1.165, 1.54) is 6.20 Å². The van der Waals surface area contributed by atoms with Crippen molar-refractivity contribution in [1.82, 2.24) is 19.9 Å². The quantitative estimate of drug-likeness (QED) is 0.319. The molecule has 0 unspecified atom stereocenters. The summed E-state index contributed by atoms with van der Waals surface area (Å²) in [4.78, 5) is 37.3. The monoisotopic (exact) mass is 381 g/mol. The van der Waals surface area contributed by atoms with Crippen LogP contribution in [-0.2, 0) is 6.54 Å². The fraction of sp³-hybridized carbons (Fsp3) is 0.105. The SMILES string of the molecule is NCc1nc2c(C(=O)CCl)cccc2[nH]1.O=Cc1cnc2ccccc2n1. The first-order valence-electron chi connectivity index (χ1n) is 8.10. The lowest BCUT2D eigenvalue weighted by Crippen LogP contribution is -2.01. The van der Waals surface area contributed by atoms with Gasteiger partial charge in [-0.1, -0.05) is 18.2 Å². The number of ketones is 1. The number of nitrogens with two attached hydrogens (primary N) is 1. The van der Waals surface area contributed by atoms with Gasteiger partial charge in [0.25, 0.3) is 0 Å². The van der Waals surface area contributed by atoms with Crippen LogP contribution in [0.25, 0.3) is 22.1 Å². The van der Waals surface area contributed by atoms with E-state index in [0.717, 1.165) is 16.6 Å². The summed E-state index contributed by atoms with van der Waals surface area (Å²) in [6.07, 6.45) is 2.16. The normalized spacial score (nSPS) is 10.4. The summed E-state index contributed by atoms with van der Waals surface area (Å²) >= 11 is 5.52. The molecule has 0 aliphatic rings. The van der Waals surface area contributed by atoms with Crippen molar-refractivity contribution in [2.75, 3.05) is 5.88 Å². The van der Waals surface area contributed by atoms with Crippen LogP contribution in [0.5, 0.6) is 0 Å². The van der Waals surface area contributed by atoms with Gasteiger partial charge in [-0.25, -0.2) is 9.97 Å². The number of carbonyl (C=O) groups excluding carboxylic acids is 2. The third-order valence-corrected chi connectivity index (χ3v) is 4.01. The number of fused-ring (bicyclic) bond motifs is 2. The van der Waals surface area contributed by atoms with Crippen molar-refractivity contribution in [1.29, 1.82) is 0 Å². The van der Waals surface area contributed by atoms with Gasteiger partial charge in [0.15, 0.2) is 12.1 Å². The first kappa shape index (κ1) is 18.6. The molecule has 0 saturated heterocycles. The van der Waals surface area contributed by atoms with Crippen LogP contribution in [0.2, 0.25) is 0 Å². The molecule has 0 bridgehead atoms. The molecule has 4 aromatic rings. The highest BCUT2D eigenvalue weighted by Gasteiger charge is 2.11. The molecule has 2 heterocycles. The highest BCUT2D eigenvalue weighted by atomic mass is 35.5. The molecule has 0 amide bonds. The topological polar surface area (TPSA) is 115 Å². The molecule has 7 nitrogen and oxygen atoms in total. The van der Waals surface area contributed by atoms with Gasteiger partial charge in [0.05, 0.1) is 40.7 Å². The number of hydrogen-bond donors (Lipinski definition) is 2. The Balaban J connectivity index is 0.000000159. The van der Waals surface area contributed by atoms with E-state index in [-0.39, 0.29) is 11.7 Å². The van der Waals surface area contributed by atoms with E-state index < -0.39 is 0 Å². The second kappa shape index (κ2) is 8.48. The first-order valence-corrected chi connectivity index (χ1v) is 8.63. The number of halogens is 1. The van der Waals surface area contributed by atoms with E-state index >= 15 is 0 Å². The van der Waals surface area contributed by atoms with Gasteiger partial charge in [-0.2, -0.15) is 0 Å². The number of para-hydroxylation sites is 3. The fourth-order valence-electron chi connectivity index (χ4n) is 2.51. The van der Waals surface area contributed by atoms with Crippen molar-refractivity contribution in [2.45, 2.75) is 6.54 Å². The van der Waals surface area contributed by atoms with E-state index in [1.54, 1.807) is 12.1 Å². The average molecular weight is 382 g/mol. The minimum Gasteiger partial charge on any atom is -0.341 e. The molecule has 0 spiro atoms. The zero-order chi connectivity index (χ0) is 19.2. The lowest BCUT2D eigenvalue weighted by molar-refractivity contribution is 0.102. The summed E-state index contributed by atoms with van der Waals surface area (Å²) in [7, 11) is 0. The van der Waals surface area contributed by atoms with Crippen molar-refractivity contribution >= 4 is 45.7 Å². The van der Waals surface area contributed by atoms with E-state index in [2.05, 4.69) is 19.9 Å². The summed E-state index contributed by atoms with van der Waals surface area (Å²) in [5, 5.41) is 0. The second-order valence-corrected chi connectivity index (χ2v) is 5.81. The largest absolute Gasteiger partial charge is 0.341 e. The van der Waals surface area contributed by atoms with Gasteiger partial charge in [-0.3, -0.25) is 14.6 Å². The molecule has 0 saturated carbocycles. The van der Waals surface area contributed by atoms with Crippen LogP contribution in [-0.4, -0.2) is 37.9 Å². The van der Waals surface area contributed by atoms with Crippen molar-refractivity contribution < 1.29 is 9.59 Å². The van der Waals surface area contributed by atoms with Crippen LogP contribution < -0.4 is 5.73 Å². The Morgan fingerprint density at radius 3 is 2.59 bits per heavy atom.